The number of halogens is 1. The van der Waals surface area contributed by atoms with Gasteiger partial charge in [0.15, 0.2) is 0 Å². The molecule has 0 aliphatic carbocycles. The van der Waals surface area contributed by atoms with E-state index in [0.29, 0.717) is 23.9 Å². The van der Waals surface area contributed by atoms with Crippen LogP contribution in [0.25, 0.3) is 0 Å². The van der Waals surface area contributed by atoms with E-state index >= 15 is 0 Å². The van der Waals surface area contributed by atoms with Crippen molar-refractivity contribution in [2.45, 2.75) is 25.2 Å². The Morgan fingerprint density at radius 2 is 1.88 bits per heavy atom. The molecule has 2 unspecified atom stereocenters. The van der Waals surface area contributed by atoms with Gasteiger partial charge in [0, 0.05) is 43.8 Å². The number of nitrogens with one attached hydrogen (secondary N) is 1. The van der Waals surface area contributed by atoms with Gasteiger partial charge in [-0.1, -0.05) is 13.8 Å². The van der Waals surface area contributed by atoms with Crippen molar-refractivity contribution in [1.82, 2.24) is 14.5 Å². The molecule has 0 saturated carbocycles. The Labute approximate surface area is 170 Å². The number of nitrogens with zero attached hydrogens (tertiary/aromatic N) is 2. The average Bonchev–Trinajstić information content (AvgIpc) is 2.53. The highest BCUT2D eigenvalue weighted by molar-refractivity contribution is 14.1. The second-order valence-corrected chi connectivity index (χ2v) is 10.7. The van der Waals surface area contributed by atoms with Gasteiger partial charge in [0.2, 0.25) is 10.0 Å². The quantitative estimate of drug-likeness (QED) is 0.618. The summed E-state index contributed by atoms with van der Waals surface area (Å²) in [5, 5.41) is 2.93. The summed E-state index contributed by atoms with van der Waals surface area (Å²) in [7, 11) is -0.598. The van der Waals surface area contributed by atoms with E-state index in [9.17, 15) is 13.2 Å². The maximum absolute atomic E-state index is 12.5. The molecular formula is C18H28IN3O3S. The Bertz CT molecular complexity index is 742. The van der Waals surface area contributed by atoms with Crippen LogP contribution in [0.4, 0.5) is 0 Å². The van der Waals surface area contributed by atoms with Gasteiger partial charge in [-0.2, -0.15) is 0 Å². The van der Waals surface area contributed by atoms with E-state index in [-0.39, 0.29) is 10.8 Å². The monoisotopic (exact) mass is 493 g/mol. The SMILES string of the molecule is CC1CC(C)CN(CCNC(=O)c2cc(S(=O)(=O)N(C)C)ccc2I)C1. The maximum atomic E-state index is 12.5. The van der Waals surface area contributed by atoms with E-state index in [1.807, 2.05) is 0 Å². The van der Waals surface area contributed by atoms with Crippen LogP contribution in [0.2, 0.25) is 0 Å². The van der Waals surface area contributed by atoms with Crippen molar-refractivity contribution in [3.63, 3.8) is 0 Å². The Morgan fingerprint density at radius 3 is 2.46 bits per heavy atom. The normalized spacial score (nSPS) is 21.8. The highest BCUT2D eigenvalue weighted by Gasteiger charge is 2.22. The molecule has 1 heterocycles. The van der Waals surface area contributed by atoms with Gasteiger partial charge in [-0.25, -0.2) is 12.7 Å². The molecule has 8 heteroatoms. The van der Waals surface area contributed by atoms with Crippen molar-refractivity contribution in [2.75, 3.05) is 40.3 Å². The van der Waals surface area contributed by atoms with Gasteiger partial charge >= 0.3 is 0 Å². The molecule has 0 spiro atoms. The molecule has 1 N–H and O–H groups in total. The van der Waals surface area contributed by atoms with Crippen LogP contribution in [0.15, 0.2) is 23.1 Å². The molecule has 26 heavy (non-hydrogen) atoms. The lowest BCUT2D eigenvalue weighted by atomic mass is 9.92. The summed E-state index contributed by atoms with van der Waals surface area (Å²) in [5.74, 6) is 1.13. The number of carbonyl (C=O) groups excluding carboxylic acids is 1. The van der Waals surface area contributed by atoms with Crippen molar-refractivity contribution in [3.05, 3.63) is 27.3 Å². The number of rotatable bonds is 6. The molecule has 146 valence electrons. The van der Waals surface area contributed by atoms with Crippen molar-refractivity contribution in [3.8, 4) is 0 Å². The predicted octanol–water partition coefficient (Wildman–Crippen LogP) is 2.25. The zero-order chi connectivity index (χ0) is 19.5. The fourth-order valence-corrected chi connectivity index (χ4v) is 4.96. The summed E-state index contributed by atoms with van der Waals surface area (Å²) >= 11 is 2.06. The fourth-order valence-electron chi connectivity index (χ4n) is 3.45. The highest BCUT2D eigenvalue weighted by Crippen LogP contribution is 2.21. The first kappa shape index (κ1) is 21.6. The minimum absolute atomic E-state index is 0.131. The minimum Gasteiger partial charge on any atom is -0.351 e. The number of likely N-dealkylation sites (tertiary alicyclic amines) is 1. The van der Waals surface area contributed by atoms with Crippen molar-refractivity contribution in [1.29, 1.82) is 0 Å². The standard InChI is InChI=1S/C18H28IN3O3S/c1-13-9-14(2)12-22(11-13)8-7-20-18(23)16-10-15(5-6-17(16)19)26(24,25)21(3)4/h5-6,10,13-14H,7-9,11-12H2,1-4H3,(H,20,23). The number of benzene rings is 1. The summed E-state index contributed by atoms with van der Waals surface area (Å²) in [5.41, 5.74) is 0.397. The second-order valence-electron chi connectivity index (χ2n) is 7.39. The first-order valence-corrected chi connectivity index (χ1v) is 11.4. The van der Waals surface area contributed by atoms with Gasteiger partial charge in [0.05, 0.1) is 10.5 Å². The van der Waals surface area contributed by atoms with E-state index < -0.39 is 10.0 Å². The molecule has 1 aliphatic heterocycles. The number of hydrogen-bond donors (Lipinski definition) is 1. The van der Waals surface area contributed by atoms with Crippen LogP contribution in [0, 0.1) is 15.4 Å². The molecule has 1 aromatic carbocycles. The van der Waals surface area contributed by atoms with Gasteiger partial charge in [-0.3, -0.25) is 4.79 Å². The Morgan fingerprint density at radius 1 is 1.27 bits per heavy atom. The molecule has 2 rings (SSSR count). The molecule has 1 aliphatic rings. The number of hydrogen-bond acceptors (Lipinski definition) is 4. The Balaban J connectivity index is 2.01. The summed E-state index contributed by atoms with van der Waals surface area (Å²) in [6, 6.07) is 4.65. The second kappa shape index (κ2) is 8.99. The molecule has 1 aromatic rings. The zero-order valence-corrected chi connectivity index (χ0v) is 18.8. The summed E-state index contributed by atoms with van der Waals surface area (Å²) in [6.07, 6.45) is 1.26. The van der Waals surface area contributed by atoms with E-state index in [4.69, 9.17) is 0 Å². The third kappa shape index (κ3) is 5.40. The van der Waals surface area contributed by atoms with E-state index in [2.05, 4.69) is 46.7 Å². The van der Waals surface area contributed by atoms with Crippen molar-refractivity contribution < 1.29 is 13.2 Å². The zero-order valence-electron chi connectivity index (χ0n) is 15.8. The van der Waals surface area contributed by atoms with Crippen LogP contribution in [-0.2, 0) is 10.0 Å². The molecular weight excluding hydrogens is 465 g/mol. The fraction of sp³-hybridized carbons (Fsp3) is 0.611. The molecule has 0 aromatic heterocycles. The lowest BCUT2D eigenvalue weighted by Crippen LogP contribution is -2.43. The van der Waals surface area contributed by atoms with Gasteiger partial charge in [0.25, 0.3) is 5.91 Å². The van der Waals surface area contributed by atoms with E-state index in [1.165, 1.54) is 32.6 Å². The Kier molecular flexibility index (Phi) is 7.46. The van der Waals surface area contributed by atoms with Gasteiger partial charge in [-0.05, 0) is 59.0 Å². The molecule has 0 bridgehead atoms. The smallest absolute Gasteiger partial charge is 0.252 e. The van der Waals surface area contributed by atoms with Gasteiger partial charge < -0.3 is 10.2 Å². The largest absolute Gasteiger partial charge is 0.351 e. The van der Waals surface area contributed by atoms with E-state index in [1.54, 1.807) is 6.07 Å². The molecule has 2 atom stereocenters. The van der Waals surface area contributed by atoms with Crippen LogP contribution < -0.4 is 5.32 Å². The van der Waals surface area contributed by atoms with E-state index in [0.717, 1.165) is 27.5 Å². The Hall–Kier alpha value is -0.710. The molecule has 0 radical (unpaired) electrons. The molecule has 1 amide bonds. The van der Waals surface area contributed by atoms with Gasteiger partial charge in [0.1, 0.15) is 0 Å². The summed E-state index contributed by atoms with van der Waals surface area (Å²) in [4.78, 5) is 15.1. The van der Waals surface area contributed by atoms with Crippen LogP contribution in [-0.4, -0.2) is 63.8 Å². The molecule has 1 saturated heterocycles. The van der Waals surface area contributed by atoms with Crippen LogP contribution in [0.5, 0.6) is 0 Å². The summed E-state index contributed by atoms with van der Waals surface area (Å²) in [6.45, 7) is 8.02. The first-order chi connectivity index (χ1) is 12.1. The predicted molar refractivity (Wildman–Crippen MR) is 112 cm³/mol. The lowest BCUT2D eigenvalue weighted by molar-refractivity contribution is 0.0935. The van der Waals surface area contributed by atoms with Crippen LogP contribution >= 0.6 is 22.6 Å². The van der Waals surface area contributed by atoms with Crippen molar-refractivity contribution >= 4 is 38.5 Å². The molecule has 1 fully saturated rings. The topological polar surface area (TPSA) is 69.7 Å². The number of amides is 1. The number of piperidine rings is 1. The van der Waals surface area contributed by atoms with Gasteiger partial charge in [-0.15, -0.1) is 0 Å². The first-order valence-electron chi connectivity index (χ1n) is 8.84. The van der Waals surface area contributed by atoms with Crippen molar-refractivity contribution in [2.24, 2.45) is 11.8 Å². The lowest BCUT2D eigenvalue weighted by Gasteiger charge is -2.34. The number of carbonyl (C=O) groups is 1. The van der Waals surface area contributed by atoms with Crippen LogP contribution in [0.1, 0.15) is 30.6 Å². The third-order valence-corrected chi connectivity index (χ3v) is 7.37. The number of sulfonamides is 1. The van der Waals surface area contributed by atoms with Crippen LogP contribution in [0.3, 0.4) is 0 Å². The third-order valence-electron chi connectivity index (χ3n) is 4.62. The minimum atomic E-state index is -3.56. The molecule has 6 nitrogen and oxygen atoms in total. The maximum Gasteiger partial charge on any atom is 0.252 e. The summed E-state index contributed by atoms with van der Waals surface area (Å²) < 4.78 is 26.5. The highest BCUT2D eigenvalue weighted by atomic mass is 127. The average molecular weight is 493 g/mol.